The van der Waals surface area contributed by atoms with Gasteiger partial charge in [-0.3, -0.25) is 9.59 Å². The van der Waals surface area contributed by atoms with E-state index < -0.39 is 11.4 Å². The number of rotatable bonds is 3. The fourth-order valence-electron chi connectivity index (χ4n) is 3.64. The van der Waals surface area contributed by atoms with Gasteiger partial charge in [-0.2, -0.15) is 5.10 Å². The lowest BCUT2D eigenvalue weighted by Gasteiger charge is -2.09. The zero-order valence-electron chi connectivity index (χ0n) is 15.9. The highest BCUT2D eigenvalue weighted by Crippen LogP contribution is 2.25. The van der Waals surface area contributed by atoms with Crippen LogP contribution in [-0.4, -0.2) is 20.2 Å². The molecular formula is C23H14ClFN4O2. The summed E-state index contributed by atoms with van der Waals surface area (Å²) >= 11 is 6.10. The van der Waals surface area contributed by atoms with Gasteiger partial charge in [-0.05, 0) is 35.9 Å². The Labute approximate surface area is 179 Å². The number of fused-ring (bicyclic) bond motifs is 2. The van der Waals surface area contributed by atoms with Gasteiger partial charge in [0.1, 0.15) is 11.6 Å². The molecule has 2 heterocycles. The third-order valence-electron chi connectivity index (χ3n) is 5.12. The van der Waals surface area contributed by atoms with Gasteiger partial charge in [0, 0.05) is 11.8 Å². The minimum atomic E-state index is -0.521. The number of H-pyrrole nitrogens is 2. The summed E-state index contributed by atoms with van der Waals surface area (Å²) in [6, 6.07) is 16.7. The molecule has 0 saturated heterocycles. The van der Waals surface area contributed by atoms with Crippen LogP contribution in [0.2, 0.25) is 5.02 Å². The Morgan fingerprint density at radius 2 is 1.74 bits per heavy atom. The van der Waals surface area contributed by atoms with E-state index in [0.29, 0.717) is 23.0 Å². The van der Waals surface area contributed by atoms with Crippen molar-refractivity contribution in [3.05, 3.63) is 103 Å². The first-order chi connectivity index (χ1) is 15.0. The molecule has 31 heavy (non-hydrogen) atoms. The fraction of sp³-hybridized carbons (Fsp3) is 0.0435. The lowest BCUT2D eigenvalue weighted by molar-refractivity contribution is 0.629. The van der Waals surface area contributed by atoms with E-state index in [9.17, 15) is 14.0 Å². The number of nitrogens with zero attached hydrogens (tertiary/aromatic N) is 2. The predicted octanol–water partition coefficient (Wildman–Crippen LogP) is 4.21. The van der Waals surface area contributed by atoms with E-state index in [2.05, 4.69) is 20.2 Å². The summed E-state index contributed by atoms with van der Waals surface area (Å²) < 4.78 is 14.7. The van der Waals surface area contributed by atoms with E-state index in [0.717, 1.165) is 10.9 Å². The van der Waals surface area contributed by atoms with Crippen molar-refractivity contribution in [2.45, 2.75) is 6.42 Å². The Hall–Kier alpha value is -3.84. The Balaban J connectivity index is 1.62. The first-order valence-electron chi connectivity index (χ1n) is 9.45. The smallest absolute Gasteiger partial charge is 0.272 e. The van der Waals surface area contributed by atoms with E-state index in [1.165, 1.54) is 6.07 Å². The van der Waals surface area contributed by atoms with E-state index in [1.807, 2.05) is 12.1 Å². The van der Waals surface area contributed by atoms with Crippen LogP contribution in [0.25, 0.3) is 33.1 Å². The van der Waals surface area contributed by atoms with E-state index in [-0.39, 0.29) is 27.4 Å². The maximum atomic E-state index is 14.7. The van der Waals surface area contributed by atoms with Crippen molar-refractivity contribution < 1.29 is 4.39 Å². The predicted molar refractivity (Wildman–Crippen MR) is 118 cm³/mol. The van der Waals surface area contributed by atoms with Crippen molar-refractivity contribution in [2.75, 3.05) is 0 Å². The zero-order valence-corrected chi connectivity index (χ0v) is 16.7. The van der Waals surface area contributed by atoms with Gasteiger partial charge in [0.15, 0.2) is 0 Å². The van der Waals surface area contributed by atoms with Crippen LogP contribution in [0.15, 0.2) is 70.3 Å². The van der Waals surface area contributed by atoms with E-state index in [1.54, 1.807) is 42.5 Å². The molecule has 0 spiro atoms. The minimum absolute atomic E-state index is 0.110. The third-order valence-corrected chi connectivity index (χ3v) is 5.43. The first-order valence-corrected chi connectivity index (χ1v) is 9.83. The van der Waals surface area contributed by atoms with Gasteiger partial charge in [-0.15, -0.1) is 0 Å². The molecule has 0 atom stereocenters. The Bertz CT molecular complexity index is 1590. The van der Waals surface area contributed by atoms with Crippen molar-refractivity contribution >= 4 is 33.3 Å². The summed E-state index contributed by atoms with van der Waals surface area (Å²) in [4.78, 5) is 31.5. The van der Waals surface area contributed by atoms with Crippen molar-refractivity contribution in [1.82, 2.24) is 20.2 Å². The van der Waals surface area contributed by atoms with Gasteiger partial charge in [-0.25, -0.2) is 14.5 Å². The Morgan fingerprint density at radius 1 is 0.935 bits per heavy atom. The second kappa shape index (κ2) is 7.45. The highest BCUT2D eigenvalue weighted by molar-refractivity contribution is 6.35. The lowest BCUT2D eigenvalue weighted by atomic mass is 10.0. The molecule has 0 aliphatic rings. The molecule has 5 aromatic rings. The summed E-state index contributed by atoms with van der Waals surface area (Å²) in [7, 11) is 0. The monoisotopic (exact) mass is 432 g/mol. The zero-order chi connectivity index (χ0) is 21.5. The molecular weight excluding hydrogens is 419 g/mol. The summed E-state index contributed by atoms with van der Waals surface area (Å²) in [6.07, 6.45) is 0.355. The quantitative estimate of drug-likeness (QED) is 0.446. The molecule has 2 aromatic heterocycles. The number of aromatic amines is 2. The van der Waals surface area contributed by atoms with Crippen LogP contribution >= 0.6 is 11.6 Å². The molecule has 8 heteroatoms. The highest BCUT2D eigenvalue weighted by atomic mass is 35.5. The van der Waals surface area contributed by atoms with Crippen molar-refractivity contribution in [3.63, 3.8) is 0 Å². The largest absolute Gasteiger partial charge is 0.306 e. The second-order valence-electron chi connectivity index (χ2n) is 7.08. The number of nitrogens with one attached hydrogen (secondary N) is 2. The lowest BCUT2D eigenvalue weighted by Crippen LogP contribution is -2.12. The van der Waals surface area contributed by atoms with Crippen LogP contribution in [0.4, 0.5) is 4.39 Å². The molecule has 2 N–H and O–H groups in total. The number of hydrogen-bond donors (Lipinski definition) is 2. The van der Waals surface area contributed by atoms with E-state index in [4.69, 9.17) is 11.6 Å². The molecule has 0 aliphatic heterocycles. The number of hydrogen-bond acceptors (Lipinski definition) is 4. The number of halogens is 2. The number of aromatic nitrogens is 4. The highest BCUT2D eigenvalue weighted by Gasteiger charge is 2.14. The molecule has 0 radical (unpaired) electrons. The van der Waals surface area contributed by atoms with E-state index >= 15 is 0 Å². The van der Waals surface area contributed by atoms with Crippen molar-refractivity contribution in [3.8, 4) is 11.4 Å². The SMILES string of the molecule is O=c1[nH]nc(Cc2ccc(F)c(-c3nc4cccc(Cl)c4c(=O)[nH]3)c2)c2ccccc12. The van der Waals surface area contributed by atoms with Crippen molar-refractivity contribution in [2.24, 2.45) is 0 Å². The topological polar surface area (TPSA) is 91.5 Å². The third kappa shape index (κ3) is 3.39. The average molecular weight is 433 g/mol. The van der Waals surface area contributed by atoms with Gasteiger partial charge in [0.25, 0.3) is 11.1 Å². The van der Waals surface area contributed by atoms with Gasteiger partial charge < -0.3 is 4.98 Å². The second-order valence-corrected chi connectivity index (χ2v) is 7.49. The molecule has 0 fully saturated rings. The molecule has 0 amide bonds. The van der Waals surface area contributed by atoms with Gasteiger partial charge >= 0.3 is 0 Å². The van der Waals surface area contributed by atoms with Crippen LogP contribution in [-0.2, 0) is 6.42 Å². The summed E-state index contributed by atoms with van der Waals surface area (Å²) in [5.74, 6) is -0.411. The molecule has 0 unspecified atom stereocenters. The standard InChI is InChI=1S/C23H14ClFN4O2/c24-16-6-3-7-18-20(16)23(31)27-21(26-18)15-10-12(8-9-17(15)25)11-19-13-4-1-2-5-14(13)22(30)29-28-19/h1-10H,11H2,(H,29,30)(H,26,27,31). The molecule has 0 bridgehead atoms. The fourth-order valence-corrected chi connectivity index (χ4v) is 3.90. The summed E-state index contributed by atoms with van der Waals surface area (Å²) in [6.45, 7) is 0. The first kappa shape index (κ1) is 19.1. The molecule has 3 aromatic carbocycles. The Kier molecular flexibility index (Phi) is 4.60. The normalized spacial score (nSPS) is 11.3. The maximum absolute atomic E-state index is 14.7. The van der Waals surface area contributed by atoms with Crippen LogP contribution in [0.1, 0.15) is 11.3 Å². The van der Waals surface area contributed by atoms with Gasteiger partial charge in [0.2, 0.25) is 0 Å². The van der Waals surface area contributed by atoms with Crippen molar-refractivity contribution in [1.29, 1.82) is 0 Å². The van der Waals surface area contributed by atoms with Crippen LogP contribution in [0.3, 0.4) is 0 Å². The van der Waals surface area contributed by atoms with Gasteiger partial charge in [0.05, 0.1) is 32.6 Å². The molecule has 0 saturated carbocycles. The van der Waals surface area contributed by atoms with Crippen LogP contribution in [0.5, 0.6) is 0 Å². The summed E-state index contributed by atoms with van der Waals surface area (Å²) in [5, 5.41) is 8.47. The number of benzene rings is 3. The molecule has 0 aliphatic carbocycles. The minimum Gasteiger partial charge on any atom is -0.306 e. The molecule has 5 rings (SSSR count). The summed E-state index contributed by atoms with van der Waals surface area (Å²) in [5.41, 5.74) is 1.23. The van der Waals surface area contributed by atoms with Crippen LogP contribution in [0, 0.1) is 5.82 Å². The van der Waals surface area contributed by atoms with Gasteiger partial charge in [-0.1, -0.05) is 41.9 Å². The maximum Gasteiger partial charge on any atom is 0.272 e. The Morgan fingerprint density at radius 3 is 2.58 bits per heavy atom. The molecule has 6 nitrogen and oxygen atoms in total. The molecule has 152 valence electrons. The van der Waals surface area contributed by atoms with Crippen LogP contribution < -0.4 is 11.1 Å². The average Bonchev–Trinajstić information content (AvgIpc) is 2.77.